The SMILES string of the molecule is COCCOCOc1ccc(C(ON=C(C(=O)NC2C(=O)N3C(C(=O)OC(c4ccccc4)c4ccccc4)=C(CCl)CS[C@@H]23)c2csc(NC(c3ccccc3)(c3ccccc3)c3ccccc3)n2)C(=O)OC(c2ccccc2)c2ccccc2)cc1OCOCCOC. The molecule has 0 bridgehead atoms. The van der Waals surface area contributed by atoms with E-state index in [-0.39, 0.29) is 66.9 Å². The molecule has 1 aromatic heterocycles. The number of fused-ring (bicyclic) bond motifs is 1. The minimum absolute atomic E-state index is 0.00660. The molecule has 11 rings (SSSR count). The molecular weight excluding hydrogens is 1270 g/mol. The predicted octanol–water partition coefficient (Wildman–Crippen LogP) is 12.6. The highest BCUT2D eigenvalue weighted by molar-refractivity contribution is 8.00. The van der Waals surface area contributed by atoms with Gasteiger partial charge in [-0.3, -0.25) is 14.5 Å². The number of esters is 2. The van der Waals surface area contributed by atoms with Gasteiger partial charge in [0.1, 0.15) is 28.3 Å². The highest BCUT2D eigenvalue weighted by atomic mass is 35.5. The number of rotatable bonds is 32. The second-order valence-corrected chi connectivity index (χ2v) is 23.9. The molecule has 21 heteroatoms. The van der Waals surface area contributed by atoms with Crippen LogP contribution in [0.4, 0.5) is 5.13 Å². The molecule has 1 fully saturated rings. The fourth-order valence-corrected chi connectivity index (χ4v) is 13.4. The van der Waals surface area contributed by atoms with Gasteiger partial charge in [0, 0.05) is 36.8 Å². The first-order chi connectivity index (χ1) is 46.7. The van der Waals surface area contributed by atoms with Crippen LogP contribution in [-0.4, -0.2) is 117 Å². The molecule has 2 unspecified atom stereocenters. The van der Waals surface area contributed by atoms with E-state index in [4.69, 9.17) is 59.3 Å². The van der Waals surface area contributed by atoms with Crippen molar-refractivity contribution in [3.63, 3.8) is 0 Å². The van der Waals surface area contributed by atoms with Crippen LogP contribution in [0.5, 0.6) is 11.5 Å². The summed E-state index contributed by atoms with van der Waals surface area (Å²) < 4.78 is 46.7. The number of β-lactam (4-membered cyclic amide) rings is 1. The third-order valence-corrected chi connectivity index (χ3v) is 18.0. The molecule has 2 aliphatic rings. The number of benzene rings is 8. The number of halogens is 1. The maximum Gasteiger partial charge on any atom is 0.356 e. The van der Waals surface area contributed by atoms with Gasteiger partial charge in [-0.15, -0.1) is 34.7 Å². The number of nitrogens with zero attached hydrogens (tertiary/aromatic N) is 3. The fraction of sp³-hybridized carbons (Fsp3) is 0.216. The van der Waals surface area contributed by atoms with Crippen LogP contribution in [0.25, 0.3) is 0 Å². The van der Waals surface area contributed by atoms with E-state index in [1.807, 2.05) is 212 Å². The monoisotopic (exact) mass is 1330 g/mol. The topological polar surface area (TPSA) is 204 Å². The second-order valence-electron chi connectivity index (χ2n) is 21.7. The van der Waals surface area contributed by atoms with Gasteiger partial charge in [0.2, 0.25) is 6.10 Å². The summed E-state index contributed by atoms with van der Waals surface area (Å²) in [4.78, 5) is 73.4. The molecule has 2 amide bonds. The van der Waals surface area contributed by atoms with Crippen LogP contribution < -0.4 is 20.1 Å². The van der Waals surface area contributed by atoms with Gasteiger partial charge in [-0.05, 0) is 56.6 Å². The number of oxime groups is 1. The number of carbonyl (C=O) groups excluding carboxylic acids is 4. The summed E-state index contributed by atoms with van der Waals surface area (Å²) in [5.74, 6) is -2.69. The van der Waals surface area contributed by atoms with E-state index in [0.29, 0.717) is 46.2 Å². The first kappa shape index (κ1) is 66.8. The minimum atomic E-state index is -1.74. The normalized spacial score (nSPS) is 14.9. The molecule has 0 aliphatic carbocycles. The van der Waals surface area contributed by atoms with E-state index in [1.54, 1.807) is 31.7 Å². The zero-order valence-electron chi connectivity index (χ0n) is 51.9. The Kier molecular flexibility index (Phi) is 23.2. The molecule has 2 N–H and O–H groups in total. The second kappa shape index (κ2) is 33.0. The highest BCUT2D eigenvalue weighted by Crippen LogP contribution is 2.44. The zero-order valence-corrected chi connectivity index (χ0v) is 54.3. The maximum absolute atomic E-state index is 15.6. The van der Waals surface area contributed by atoms with Crippen LogP contribution in [0.3, 0.4) is 0 Å². The average molecular weight is 1330 g/mol. The number of anilines is 1. The van der Waals surface area contributed by atoms with E-state index in [9.17, 15) is 9.59 Å². The smallest absolute Gasteiger partial charge is 0.356 e. The van der Waals surface area contributed by atoms with E-state index in [2.05, 4.69) is 15.8 Å². The summed E-state index contributed by atoms with van der Waals surface area (Å²) >= 11 is 9.08. The molecule has 0 spiro atoms. The number of thioether (sulfide) groups is 1. The Morgan fingerprint density at radius 1 is 0.611 bits per heavy atom. The highest BCUT2D eigenvalue weighted by Gasteiger charge is 2.55. The lowest BCUT2D eigenvalue weighted by Crippen LogP contribution is -2.71. The Morgan fingerprint density at radius 2 is 1.08 bits per heavy atom. The van der Waals surface area contributed by atoms with E-state index in [1.165, 1.54) is 34.1 Å². The van der Waals surface area contributed by atoms with Crippen molar-refractivity contribution in [1.29, 1.82) is 0 Å². The van der Waals surface area contributed by atoms with Crippen LogP contribution in [0, 0.1) is 0 Å². The van der Waals surface area contributed by atoms with Crippen molar-refractivity contribution in [3.8, 4) is 11.5 Å². The Balaban J connectivity index is 0.985. The van der Waals surface area contributed by atoms with Crippen LogP contribution >= 0.6 is 34.7 Å². The number of hydrogen-bond donors (Lipinski definition) is 2. The van der Waals surface area contributed by atoms with Crippen LogP contribution in [-0.2, 0) is 58.0 Å². The molecule has 3 atom stereocenters. The molecule has 18 nitrogen and oxygen atoms in total. The number of nitrogens with one attached hydrogen (secondary N) is 2. The van der Waals surface area contributed by atoms with Crippen LogP contribution in [0.2, 0.25) is 0 Å². The number of amides is 2. The van der Waals surface area contributed by atoms with Gasteiger partial charge in [0.15, 0.2) is 48.1 Å². The van der Waals surface area contributed by atoms with Gasteiger partial charge in [-0.1, -0.05) is 224 Å². The average Bonchev–Trinajstić information content (AvgIpc) is 1.42. The van der Waals surface area contributed by atoms with Crippen molar-refractivity contribution >= 4 is 69.3 Å². The van der Waals surface area contributed by atoms with Crippen molar-refractivity contribution in [2.75, 3.05) is 71.2 Å². The maximum atomic E-state index is 15.6. The number of carbonyl (C=O) groups is 4. The number of ether oxygens (including phenoxy) is 8. The number of thiazole rings is 1. The summed E-state index contributed by atoms with van der Waals surface area (Å²) in [7, 11) is 3.11. The molecule has 0 radical (unpaired) electrons. The summed E-state index contributed by atoms with van der Waals surface area (Å²) in [5, 5.41) is 12.5. The number of aromatic nitrogens is 1. The van der Waals surface area contributed by atoms with Crippen molar-refractivity contribution < 1.29 is 61.9 Å². The van der Waals surface area contributed by atoms with Crippen molar-refractivity contribution in [3.05, 3.63) is 297 Å². The van der Waals surface area contributed by atoms with Gasteiger partial charge in [-0.2, -0.15) is 0 Å². The van der Waals surface area contributed by atoms with Gasteiger partial charge in [0.25, 0.3) is 11.8 Å². The summed E-state index contributed by atoms with van der Waals surface area (Å²) in [6, 6.07) is 70.2. The van der Waals surface area contributed by atoms with Crippen molar-refractivity contribution in [2.45, 2.75) is 35.3 Å². The van der Waals surface area contributed by atoms with E-state index in [0.717, 1.165) is 16.7 Å². The predicted molar refractivity (Wildman–Crippen MR) is 363 cm³/mol. The lowest BCUT2D eigenvalue weighted by atomic mass is 9.77. The first-order valence-corrected chi connectivity index (χ1v) is 33.0. The van der Waals surface area contributed by atoms with Gasteiger partial charge < -0.3 is 53.4 Å². The Morgan fingerprint density at radius 3 is 1.57 bits per heavy atom. The Bertz CT molecular complexity index is 3870. The molecule has 1 saturated heterocycles. The molecular formula is C74H68ClN5O13S2. The zero-order chi connectivity index (χ0) is 65.8. The number of alkyl halides is 1. The molecule has 9 aromatic rings. The van der Waals surface area contributed by atoms with Crippen LogP contribution in [0.1, 0.15) is 68.5 Å². The molecule has 8 aromatic carbocycles. The summed E-state index contributed by atoms with van der Waals surface area (Å²) in [6.07, 6.45) is -3.53. The number of methoxy groups -OCH3 is 2. The third-order valence-electron chi connectivity index (χ3n) is 15.6. The van der Waals surface area contributed by atoms with Crippen molar-refractivity contribution in [2.24, 2.45) is 5.16 Å². The Hall–Kier alpha value is -9.64. The lowest BCUT2D eigenvalue weighted by molar-refractivity contribution is -0.162. The van der Waals surface area contributed by atoms with Crippen molar-refractivity contribution in [1.82, 2.24) is 15.2 Å². The van der Waals surface area contributed by atoms with Gasteiger partial charge in [-0.25, -0.2) is 14.6 Å². The van der Waals surface area contributed by atoms with Gasteiger partial charge >= 0.3 is 11.9 Å². The lowest BCUT2D eigenvalue weighted by Gasteiger charge is -2.49. The summed E-state index contributed by atoms with van der Waals surface area (Å²) in [6.45, 7) is 0.638. The molecule has 486 valence electrons. The first-order valence-electron chi connectivity index (χ1n) is 30.5. The molecule has 0 saturated carbocycles. The third kappa shape index (κ3) is 16.0. The van der Waals surface area contributed by atoms with Gasteiger partial charge in [0.05, 0.1) is 26.4 Å². The summed E-state index contributed by atoms with van der Waals surface area (Å²) in [5.41, 5.74) is 4.56. The minimum Gasteiger partial charge on any atom is -0.464 e. The number of hydrogen-bond acceptors (Lipinski definition) is 18. The van der Waals surface area contributed by atoms with E-state index < -0.39 is 64.7 Å². The fourth-order valence-electron chi connectivity index (χ4n) is 11.0. The Labute approximate surface area is 563 Å². The molecule has 2 aliphatic heterocycles. The quantitative estimate of drug-likeness (QED) is 0.00588. The van der Waals surface area contributed by atoms with Crippen LogP contribution in [0.15, 0.2) is 252 Å². The standard InChI is InChI=1S/C74H68ClN5O13S2/c1-85-40-42-87-48-89-60-39-38-54(44-61(60)90-49-88-43-41-86-2)67(72(84)92-66(52-28-14-5-15-29-52)53-30-16-6-17-31-53)93-79-62(59-47-95-73(76-59)78-74(56-32-18-7-19-33-56,57-34-20-8-21-35-57)58-36-22-9-23-37-58)68(81)77-63-69(82)80-64(55(45-75)46-94-70(63)80)71(83)91-65(50-24-10-3-11-25-50)51-26-12-4-13-27-51/h3-39,44,47,63,65-67,70H,40-43,45-46,48-49H2,1-2H3,(H,76,78)(H,77,81)/t63?,67?,70-/m0/s1. The largest absolute Gasteiger partial charge is 0.464 e. The molecule has 95 heavy (non-hydrogen) atoms. The molecule has 3 heterocycles. The van der Waals surface area contributed by atoms with E-state index >= 15 is 9.59 Å².